The van der Waals surface area contributed by atoms with Crippen LogP contribution >= 0.6 is 0 Å². The molecule has 144 valence electrons. The monoisotopic (exact) mass is 376 g/mol. The van der Waals surface area contributed by atoms with Crippen LogP contribution in [-0.2, 0) is 4.74 Å². The Balaban J connectivity index is 1.74. The standard InChI is InChI=1S/C23H24N2O3/c1-16-5-4-6-18(11-16)19-13-20(15-24-14-19)23(26)25-22-8-7-21(12-17(22)2)28-10-9-27-3/h4-8,11-15H,9-10H2,1-3H3,(H,25,26). The van der Waals surface area contributed by atoms with Crippen LogP contribution in [0.4, 0.5) is 5.69 Å². The van der Waals surface area contributed by atoms with Crippen LogP contribution in [0, 0.1) is 13.8 Å². The Labute approximate surface area is 165 Å². The van der Waals surface area contributed by atoms with E-state index in [1.165, 1.54) is 0 Å². The number of hydrogen-bond acceptors (Lipinski definition) is 4. The van der Waals surface area contributed by atoms with Crippen LogP contribution in [0.15, 0.2) is 60.9 Å². The van der Waals surface area contributed by atoms with E-state index in [1.807, 2.05) is 56.3 Å². The molecule has 5 nitrogen and oxygen atoms in total. The SMILES string of the molecule is COCCOc1ccc(NC(=O)c2cncc(-c3cccc(C)c3)c2)c(C)c1. The molecule has 1 heterocycles. The number of methoxy groups -OCH3 is 1. The quantitative estimate of drug-likeness (QED) is 0.610. The van der Waals surface area contributed by atoms with Crippen LogP contribution in [0.2, 0.25) is 0 Å². The molecule has 0 unspecified atom stereocenters. The maximum absolute atomic E-state index is 12.7. The first-order valence-electron chi connectivity index (χ1n) is 9.12. The lowest BCUT2D eigenvalue weighted by Gasteiger charge is -2.12. The molecule has 1 aromatic heterocycles. The minimum Gasteiger partial charge on any atom is -0.491 e. The van der Waals surface area contributed by atoms with Crippen molar-refractivity contribution in [1.82, 2.24) is 4.98 Å². The summed E-state index contributed by atoms with van der Waals surface area (Å²) in [6, 6.07) is 15.5. The zero-order chi connectivity index (χ0) is 19.9. The summed E-state index contributed by atoms with van der Waals surface area (Å²) in [6.45, 7) is 4.99. The Morgan fingerprint density at radius 2 is 1.86 bits per heavy atom. The molecule has 1 amide bonds. The zero-order valence-electron chi connectivity index (χ0n) is 16.4. The maximum atomic E-state index is 12.7. The van der Waals surface area contributed by atoms with Crippen molar-refractivity contribution in [1.29, 1.82) is 0 Å². The van der Waals surface area contributed by atoms with E-state index in [1.54, 1.807) is 19.5 Å². The largest absolute Gasteiger partial charge is 0.491 e. The van der Waals surface area contributed by atoms with Crippen molar-refractivity contribution in [2.75, 3.05) is 25.6 Å². The molecule has 0 aliphatic rings. The number of ether oxygens (including phenoxy) is 2. The van der Waals surface area contributed by atoms with Gasteiger partial charge in [-0.05, 0) is 49.2 Å². The van der Waals surface area contributed by atoms with Gasteiger partial charge in [-0.15, -0.1) is 0 Å². The first-order chi connectivity index (χ1) is 13.6. The second-order valence-electron chi connectivity index (χ2n) is 6.60. The average Bonchev–Trinajstić information content (AvgIpc) is 2.70. The smallest absolute Gasteiger partial charge is 0.257 e. The highest BCUT2D eigenvalue weighted by Crippen LogP contribution is 2.24. The molecule has 28 heavy (non-hydrogen) atoms. The number of aromatic nitrogens is 1. The summed E-state index contributed by atoms with van der Waals surface area (Å²) < 4.78 is 10.6. The van der Waals surface area contributed by atoms with E-state index in [2.05, 4.69) is 16.4 Å². The average molecular weight is 376 g/mol. The third kappa shape index (κ3) is 4.96. The van der Waals surface area contributed by atoms with Crippen molar-refractivity contribution in [2.24, 2.45) is 0 Å². The molecule has 3 aromatic rings. The summed E-state index contributed by atoms with van der Waals surface area (Å²) >= 11 is 0. The third-order valence-corrected chi connectivity index (χ3v) is 4.35. The van der Waals surface area contributed by atoms with Crippen LogP contribution in [-0.4, -0.2) is 31.2 Å². The minimum absolute atomic E-state index is 0.196. The van der Waals surface area contributed by atoms with Crippen molar-refractivity contribution in [2.45, 2.75) is 13.8 Å². The Morgan fingerprint density at radius 3 is 2.61 bits per heavy atom. The number of nitrogens with one attached hydrogen (secondary N) is 1. The molecule has 0 spiro atoms. The van der Waals surface area contributed by atoms with Crippen LogP contribution < -0.4 is 10.1 Å². The number of hydrogen-bond donors (Lipinski definition) is 1. The van der Waals surface area contributed by atoms with Gasteiger partial charge in [-0.3, -0.25) is 9.78 Å². The molecular formula is C23H24N2O3. The van der Waals surface area contributed by atoms with Gasteiger partial charge >= 0.3 is 0 Å². The highest BCUT2D eigenvalue weighted by Gasteiger charge is 2.11. The molecule has 3 rings (SSSR count). The van der Waals surface area contributed by atoms with E-state index in [0.717, 1.165) is 33.7 Å². The van der Waals surface area contributed by atoms with Crippen molar-refractivity contribution < 1.29 is 14.3 Å². The number of carbonyl (C=O) groups excluding carboxylic acids is 1. The molecule has 0 saturated carbocycles. The van der Waals surface area contributed by atoms with Gasteiger partial charge in [0.05, 0.1) is 12.2 Å². The molecule has 0 aliphatic heterocycles. The minimum atomic E-state index is -0.196. The number of anilines is 1. The van der Waals surface area contributed by atoms with Gasteiger partial charge in [-0.25, -0.2) is 0 Å². The molecule has 2 aromatic carbocycles. The lowest BCUT2D eigenvalue weighted by Crippen LogP contribution is -2.13. The van der Waals surface area contributed by atoms with Crippen molar-refractivity contribution in [3.8, 4) is 16.9 Å². The number of aryl methyl sites for hydroxylation is 2. The highest BCUT2D eigenvalue weighted by atomic mass is 16.5. The van der Waals surface area contributed by atoms with E-state index < -0.39 is 0 Å². The van der Waals surface area contributed by atoms with E-state index in [4.69, 9.17) is 9.47 Å². The topological polar surface area (TPSA) is 60.5 Å². The first-order valence-corrected chi connectivity index (χ1v) is 9.12. The van der Waals surface area contributed by atoms with E-state index in [0.29, 0.717) is 18.8 Å². The second kappa shape index (κ2) is 9.15. The van der Waals surface area contributed by atoms with Gasteiger partial charge in [0.15, 0.2) is 0 Å². The molecule has 0 fully saturated rings. The fourth-order valence-electron chi connectivity index (χ4n) is 2.85. The molecule has 1 N–H and O–H groups in total. The summed E-state index contributed by atoms with van der Waals surface area (Å²) in [5, 5.41) is 2.95. The Bertz CT molecular complexity index is 970. The van der Waals surface area contributed by atoms with E-state index >= 15 is 0 Å². The number of carbonyl (C=O) groups is 1. The van der Waals surface area contributed by atoms with Gasteiger partial charge in [0.1, 0.15) is 12.4 Å². The van der Waals surface area contributed by atoms with Gasteiger partial charge in [0.2, 0.25) is 0 Å². The highest BCUT2D eigenvalue weighted by molar-refractivity contribution is 6.05. The van der Waals surface area contributed by atoms with Gasteiger partial charge in [-0.1, -0.05) is 29.8 Å². The third-order valence-electron chi connectivity index (χ3n) is 4.35. The predicted molar refractivity (Wildman–Crippen MR) is 111 cm³/mol. The van der Waals surface area contributed by atoms with E-state index in [9.17, 15) is 4.79 Å². The van der Waals surface area contributed by atoms with Gasteiger partial charge in [0, 0.05) is 30.8 Å². The van der Waals surface area contributed by atoms with Crippen LogP contribution in [0.5, 0.6) is 5.75 Å². The second-order valence-corrected chi connectivity index (χ2v) is 6.60. The summed E-state index contributed by atoms with van der Waals surface area (Å²) in [4.78, 5) is 17.0. The van der Waals surface area contributed by atoms with Crippen molar-refractivity contribution in [3.05, 3.63) is 77.6 Å². The Hall–Kier alpha value is -3.18. The van der Waals surface area contributed by atoms with Crippen molar-refractivity contribution in [3.63, 3.8) is 0 Å². The Kier molecular flexibility index (Phi) is 6.40. The van der Waals surface area contributed by atoms with Crippen molar-refractivity contribution >= 4 is 11.6 Å². The number of pyridine rings is 1. The van der Waals surface area contributed by atoms with Crippen LogP contribution in [0.1, 0.15) is 21.5 Å². The number of rotatable bonds is 7. The molecule has 0 bridgehead atoms. The number of amides is 1. The van der Waals surface area contributed by atoms with E-state index in [-0.39, 0.29) is 5.91 Å². The maximum Gasteiger partial charge on any atom is 0.257 e. The molecule has 0 radical (unpaired) electrons. The molecule has 0 aliphatic carbocycles. The summed E-state index contributed by atoms with van der Waals surface area (Å²) in [5.41, 5.74) is 5.29. The molecule has 5 heteroatoms. The lowest BCUT2D eigenvalue weighted by molar-refractivity contribution is 0.102. The fourth-order valence-corrected chi connectivity index (χ4v) is 2.85. The Morgan fingerprint density at radius 1 is 1.00 bits per heavy atom. The zero-order valence-corrected chi connectivity index (χ0v) is 16.4. The number of benzene rings is 2. The fraction of sp³-hybridized carbons (Fsp3) is 0.217. The van der Waals surface area contributed by atoms with Gasteiger partial charge in [0.25, 0.3) is 5.91 Å². The predicted octanol–water partition coefficient (Wildman–Crippen LogP) is 4.64. The van der Waals surface area contributed by atoms with Gasteiger partial charge < -0.3 is 14.8 Å². The lowest BCUT2D eigenvalue weighted by atomic mass is 10.0. The summed E-state index contributed by atoms with van der Waals surface area (Å²) in [7, 11) is 1.63. The molecular weight excluding hydrogens is 352 g/mol. The molecule has 0 saturated heterocycles. The first kappa shape index (κ1) is 19.6. The summed E-state index contributed by atoms with van der Waals surface area (Å²) in [6.07, 6.45) is 3.34. The van der Waals surface area contributed by atoms with Crippen LogP contribution in [0.3, 0.4) is 0 Å². The van der Waals surface area contributed by atoms with Gasteiger partial charge in [-0.2, -0.15) is 0 Å². The van der Waals surface area contributed by atoms with Crippen LogP contribution in [0.25, 0.3) is 11.1 Å². The number of nitrogens with zero attached hydrogens (tertiary/aromatic N) is 1. The molecule has 0 atom stereocenters. The summed E-state index contributed by atoms with van der Waals surface area (Å²) in [5.74, 6) is 0.550. The normalized spacial score (nSPS) is 10.5.